The van der Waals surface area contributed by atoms with Crippen molar-refractivity contribution in [1.82, 2.24) is 9.97 Å². The van der Waals surface area contributed by atoms with Crippen molar-refractivity contribution in [3.63, 3.8) is 0 Å². The molecule has 0 radical (unpaired) electrons. The van der Waals surface area contributed by atoms with Gasteiger partial charge in [0.1, 0.15) is 5.25 Å². The molecule has 7 heteroatoms. The Morgan fingerprint density at radius 3 is 2.05 bits per heavy atom. The van der Waals surface area contributed by atoms with Crippen molar-refractivity contribution < 1.29 is 19.0 Å². The van der Waals surface area contributed by atoms with Gasteiger partial charge in [0.2, 0.25) is 11.8 Å². The van der Waals surface area contributed by atoms with E-state index in [4.69, 9.17) is 14.2 Å². The van der Waals surface area contributed by atoms with Gasteiger partial charge in [-0.05, 0) is 5.92 Å². The first kappa shape index (κ1) is 15.6. The van der Waals surface area contributed by atoms with Crippen molar-refractivity contribution in [1.29, 1.82) is 0 Å². The minimum Gasteiger partial charge on any atom is -0.481 e. The van der Waals surface area contributed by atoms with Crippen LogP contribution in [0.25, 0.3) is 0 Å². The van der Waals surface area contributed by atoms with Crippen LogP contribution in [-0.4, -0.2) is 42.5 Å². The molecule has 0 fully saturated rings. The van der Waals surface area contributed by atoms with E-state index in [2.05, 4.69) is 9.97 Å². The fourth-order valence-corrected chi connectivity index (χ4v) is 2.31. The molecule has 0 saturated heterocycles. The lowest BCUT2D eigenvalue weighted by molar-refractivity contribution is -0.140. The van der Waals surface area contributed by atoms with Crippen LogP contribution in [0.3, 0.4) is 0 Å². The molecular formula is C12H18N2O4S. The quantitative estimate of drug-likeness (QED) is 0.448. The smallest absolute Gasteiger partial charge is 0.319 e. The summed E-state index contributed by atoms with van der Waals surface area (Å²) >= 11 is 1.23. The summed E-state index contributed by atoms with van der Waals surface area (Å²) in [6.45, 7) is 3.87. The molecular weight excluding hydrogens is 268 g/mol. The Kier molecular flexibility index (Phi) is 5.88. The highest BCUT2D eigenvalue weighted by Gasteiger charge is 2.26. The number of rotatable bonds is 6. The van der Waals surface area contributed by atoms with Crippen LogP contribution in [0.2, 0.25) is 0 Å². The van der Waals surface area contributed by atoms with E-state index in [9.17, 15) is 4.79 Å². The van der Waals surface area contributed by atoms with E-state index in [1.807, 2.05) is 13.8 Å². The molecule has 0 amide bonds. The van der Waals surface area contributed by atoms with Gasteiger partial charge in [-0.3, -0.25) is 4.79 Å². The van der Waals surface area contributed by atoms with Gasteiger partial charge in [0.05, 0.1) is 27.4 Å². The van der Waals surface area contributed by atoms with E-state index >= 15 is 0 Å². The maximum absolute atomic E-state index is 11.7. The summed E-state index contributed by atoms with van der Waals surface area (Å²) in [5.41, 5.74) is 0. The highest BCUT2D eigenvalue weighted by Crippen LogP contribution is 2.29. The lowest BCUT2D eigenvalue weighted by atomic mass is 10.1. The van der Waals surface area contributed by atoms with Crippen LogP contribution in [0.15, 0.2) is 11.2 Å². The molecule has 1 aromatic heterocycles. The predicted molar refractivity (Wildman–Crippen MR) is 71.6 cm³/mol. The molecule has 0 bridgehead atoms. The number of thioether (sulfide) groups is 1. The molecule has 1 rings (SSSR count). The van der Waals surface area contributed by atoms with Gasteiger partial charge in [-0.15, -0.1) is 0 Å². The summed E-state index contributed by atoms with van der Waals surface area (Å²) in [7, 11) is 4.39. The predicted octanol–water partition coefficient (Wildman–Crippen LogP) is 1.78. The van der Waals surface area contributed by atoms with Crippen molar-refractivity contribution in [2.75, 3.05) is 21.3 Å². The summed E-state index contributed by atoms with van der Waals surface area (Å²) in [6.07, 6.45) is 0. The van der Waals surface area contributed by atoms with E-state index in [0.717, 1.165) is 0 Å². The molecule has 0 spiro atoms. The summed E-state index contributed by atoms with van der Waals surface area (Å²) < 4.78 is 14.9. The Bertz CT molecular complexity index is 417. The molecule has 0 N–H and O–H groups in total. The first-order chi connectivity index (χ1) is 9.01. The molecule has 0 saturated carbocycles. The fraction of sp³-hybridized carbons (Fsp3) is 0.583. The fourth-order valence-electron chi connectivity index (χ4n) is 1.33. The second-order valence-corrected chi connectivity index (χ2v) is 5.15. The first-order valence-electron chi connectivity index (χ1n) is 5.73. The zero-order valence-corrected chi connectivity index (χ0v) is 12.5. The largest absolute Gasteiger partial charge is 0.481 e. The van der Waals surface area contributed by atoms with Crippen molar-refractivity contribution in [2.24, 2.45) is 5.92 Å². The standard InChI is InChI=1S/C12H18N2O4S/c1-7(2)10(11(15)18-5)19-12-13-8(16-3)6-9(14-12)17-4/h6-7,10H,1-5H3. The van der Waals surface area contributed by atoms with Crippen LogP contribution < -0.4 is 9.47 Å². The van der Waals surface area contributed by atoms with Crippen LogP contribution in [0, 0.1) is 5.92 Å². The van der Waals surface area contributed by atoms with E-state index in [0.29, 0.717) is 16.9 Å². The molecule has 1 atom stereocenters. The van der Waals surface area contributed by atoms with Crippen LogP contribution in [0.1, 0.15) is 13.8 Å². The van der Waals surface area contributed by atoms with Gasteiger partial charge in [-0.2, -0.15) is 9.97 Å². The first-order valence-corrected chi connectivity index (χ1v) is 6.61. The van der Waals surface area contributed by atoms with Crippen molar-refractivity contribution in [3.8, 4) is 11.8 Å². The summed E-state index contributed by atoms with van der Waals surface area (Å²) in [5.74, 6) is 0.576. The van der Waals surface area contributed by atoms with E-state index in [-0.39, 0.29) is 17.1 Å². The summed E-state index contributed by atoms with van der Waals surface area (Å²) in [5, 5.41) is 0.0436. The lowest BCUT2D eigenvalue weighted by Gasteiger charge is -2.17. The molecule has 0 aliphatic rings. The molecule has 1 heterocycles. The molecule has 1 aromatic rings. The minimum atomic E-state index is -0.373. The third-order valence-corrected chi connectivity index (χ3v) is 3.73. The van der Waals surface area contributed by atoms with Gasteiger partial charge in [0, 0.05) is 0 Å². The van der Waals surface area contributed by atoms with E-state index in [1.54, 1.807) is 6.07 Å². The van der Waals surface area contributed by atoms with Gasteiger partial charge in [-0.25, -0.2) is 0 Å². The second-order valence-electron chi connectivity index (χ2n) is 4.04. The van der Waals surface area contributed by atoms with Gasteiger partial charge in [0.15, 0.2) is 5.16 Å². The Balaban J connectivity index is 2.98. The highest BCUT2D eigenvalue weighted by atomic mass is 32.2. The SMILES string of the molecule is COC(=O)C(Sc1nc(OC)cc(OC)n1)C(C)C. The second kappa shape index (κ2) is 7.18. The average molecular weight is 286 g/mol. The monoisotopic (exact) mass is 286 g/mol. The van der Waals surface area contributed by atoms with Crippen LogP contribution in [0.5, 0.6) is 11.8 Å². The molecule has 0 aromatic carbocycles. The third kappa shape index (κ3) is 4.27. The van der Waals surface area contributed by atoms with Gasteiger partial charge < -0.3 is 14.2 Å². The Hall–Kier alpha value is -1.50. The number of aromatic nitrogens is 2. The number of hydrogen-bond acceptors (Lipinski definition) is 7. The van der Waals surface area contributed by atoms with Gasteiger partial charge in [0.25, 0.3) is 0 Å². The Morgan fingerprint density at radius 2 is 1.68 bits per heavy atom. The van der Waals surface area contributed by atoms with Gasteiger partial charge in [-0.1, -0.05) is 25.6 Å². The number of methoxy groups -OCH3 is 3. The average Bonchev–Trinajstić information content (AvgIpc) is 2.43. The molecule has 0 aliphatic carbocycles. The maximum Gasteiger partial charge on any atom is 0.319 e. The minimum absolute atomic E-state index is 0.0956. The Labute approximate surface area is 116 Å². The summed E-state index contributed by atoms with van der Waals surface area (Å²) in [4.78, 5) is 20.1. The molecule has 1 unspecified atom stereocenters. The molecule has 0 aliphatic heterocycles. The third-order valence-electron chi connectivity index (χ3n) is 2.35. The number of esters is 1. The number of carbonyl (C=O) groups excluding carboxylic acids is 1. The molecule has 6 nitrogen and oxygen atoms in total. The zero-order chi connectivity index (χ0) is 14.4. The zero-order valence-electron chi connectivity index (χ0n) is 11.7. The number of carbonyl (C=O) groups is 1. The number of hydrogen-bond donors (Lipinski definition) is 0. The van der Waals surface area contributed by atoms with Crippen molar-refractivity contribution in [2.45, 2.75) is 24.3 Å². The highest BCUT2D eigenvalue weighted by molar-refractivity contribution is 8.00. The summed E-state index contributed by atoms with van der Waals surface area (Å²) in [6, 6.07) is 1.58. The van der Waals surface area contributed by atoms with E-state index < -0.39 is 0 Å². The van der Waals surface area contributed by atoms with E-state index in [1.165, 1.54) is 33.1 Å². The van der Waals surface area contributed by atoms with Crippen molar-refractivity contribution >= 4 is 17.7 Å². The van der Waals surface area contributed by atoms with Crippen molar-refractivity contribution in [3.05, 3.63) is 6.07 Å². The Morgan fingerprint density at radius 1 is 1.16 bits per heavy atom. The maximum atomic E-state index is 11.7. The van der Waals surface area contributed by atoms with Crippen LogP contribution in [0.4, 0.5) is 0 Å². The molecule has 106 valence electrons. The normalized spacial score (nSPS) is 12.1. The topological polar surface area (TPSA) is 70.5 Å². The van der Waals surface area contributed by atoms with Crippen LogP contribution in [-0.2, 0) is 9.53 Å². The lowest BCUT2D eigenvalue weighted by Crippen LogP contribution is -2.24. The number of ether oxygens (including phenoxy) is 3. The van der Waals surface area contributed by atoms with Gasteiger partial charge >= 0.3 is 5.97 Å². The number of nitrogens with zero attached hydrogens (tertiary/aromatic N) is 2. The van der Waals surface area contributed by atoms with Crippen LogP contribution >= 0.6 is 11.8 Å². The molecule has 19 heavy (non-hydrogen) atoms.